The Kier molecular flexibility index (Phi) is 4.16. The lowest BCUT2D eigenvalue weighted by Gasteiger charge is -2.40. The highest BCUT2D eigenvalue weighted by atomic mass is 19.2. The number of aliphatic hydroxyl groups excluding tert-OH is 1. The van der Waals surface area contributed by atoms with Crippen molar-refractivity contribution < 1.29 is 23.0 Å². The smallest absolute Gasteiger partial charge is 0.194 e. The van der Waals surface area contributed by atoms with Crippen LogP contribution in [0.2, 0.25) is 0 Å². The topological polar surface area (TPSA) is 29.5 Å². The van der Waals surface area contributed by atoms with E-state index in [0.29, 0.717) is 12.8 Å². The maximum Gasteiger partial charge on any atom is 0.194 e. The van der Waals surface area contributed by atoms with Gasteiger partial charge >= 0.3 is 0 Å². The molecular formula is C14H17F3O2. The molecule has 2 nitrogen and oxygen atoms in total. The van der Waals surface area contributed by atoms with Crippen LogP contribution in [-0.2, 0) is 4.74 Å². The quantitative estimate of drug-likeness (QED) is 0.855. The summed E-state index contributed by atoms with van der Waals surface area (Å²) in [5.41, 5.74) is -1.16. The molecule has 1 saturated carbocycles. The van der Waals surface area contributed by atoms with Crippen LogP contribution in [0.25, 0.3) is 0 Å². The van der Waals surface area contributed by atoms with Gasteiger partial charge in [0.15, 0.2) is 17.5 Å². The van der Waals surface area contributed by atoms with Crippen molar-refractivity contribution >= 4 is 0 Å². The van der Waals surface area contributed by atoms with Crippen LogP contribution in [0.3, 0.4) is 0 Å². The number of rotatable bonds is 3. The van der Waals surface area contributed by atoms with Crippen molar-refractivity contribution in [2.75, 3.05) is 7.11 Å². The van der Waals surface area contributed by atoms with Gasteiger partial charge in [0.05, 0.1) is 5.60 Å². The molecule has 0 amide bonds. The molecule has 2 rings (SSSR count). The third-order valence-electron chi connectivity index (χ3n) is 3.96. The first-order valence-electron chi connectivity index (χ1n) is 6.38. The van der Waals surface area contributed by atoms with E-state index in [1.165, 1.54) is 7.11 Å². The molecule has 1 aliphatic rings. The fourth-order valence-corrected chi connectivity index (χ4v) is 2.77. The largest absolute Gasteiger partial charge is 0.385 e. The number of benzene rings is 1. The molecule has 1 aromatic carbocycles. The molecule has 1 fully saturated rings. The van der Waals surface area contributed by atoms with Crippen LogP contribution >= 0.6 is 0 Å². The van der Waals surface area contributed by atoms with Gasteiger partial charge in [0.2, 0.25) is 0 Å². The van der Waals surface area contributed by atoms with E-state index >= 15 is 0 Å². The molecule has 1 atom stereocenters. The monoisotopic (exact) mass is 274 g/mol. The molecule has 0 saturated heterocycles. The zero-order chi connectivity index (χ0) is 14.0. The van der Waals surface area contributed by atoms with Gasteiger partial charge < -0.3 is 9.84 Å². The molecule has 1 unspecified atom stereocenters. The first-order chi connectivity index (χ1) is 9.02. The van der Waals surface area contributed by atoms with Crippen molar-refractivity contribution in [2.24, 2.45) is 0 Å². The van der Waals surface area contributed by atoms with Crippen LogP contribution in [0.4, 0.5) is 13.2 Å². The van der Waals surface area contributed by atoms with Crippen molar-refractivity contribution in [3.8, 4) is 0 Å². The van der Waals surface area contributed by atoms with Gasteiger partial charge in [-0.15, -0.1) is 0 Å². The van der Waals surface area contributed by atoms with Gasteiger partial charge in [-0.2, -0.15) is 0 Å². The van der Waals surface area contributed by atoms with Crippen LogP contribution in [0, 0.1) is 17.5 Å². The lowest BCUT2D eigenvalue weighted by Crippen LogP contribution is -2.41. The summed E-state index contributed by atoms with van der Waals surface area (Å²) in [6, 6.07) is 1.90. The molecule has 19 heavy (non-hydrogen) atoms. The molecule has 5 heteroatoms. The second-order valence-electron chi connectivity index (χ2n) is 5.00. The molecule has 0 aliphatic heterocycles. The summed E-state index contributed by atoms with van der Waals surface area (Å²) in [6.07, 6.45) is 2.59. The van der Waals surface area contributed by atoms with Crippen molar-refractivity contribution in [1.82, 2.24) is 0 Å². The van der Waals surface area contributed by atoms with E-state index in [0.717, 1.165) is 31.4 Å². The molecule has 0 radical (unpaired) electrons. The Hall–Kier alpha value is -1.07. The van der Waals surface area contributed by atoms with E-state index in [1.807, 2.05) is 0 Å². The highest BCUT2D eigenvalue weighted by Gasteiger charge is 2.41. The lowest BCUT2D eigenvalue weighted by atomic mass is 9.78. The zero-order valence-electron chi connectivity index (χ0n) is 10.8. The lowest BCUT2D eigenvalue weighted by molar-refractivity contribution is -0.126. The van der Waals surface area contributed by atoms with Gasteiger partial charge in [0.25, 0.3) is 0 Å². The Morgan fingerprint density at radius 3 is 2.32 bits per heavy atom. The highest BCUT2D eigenvalue weighted by Crippen LogP contribution is 2.42. The van der Waals surface area contributed by atoms with Gasteiger partial charge in [0, 0.05) is 12.7 Å². The maximum absolute atomic E-state index is 13.7. The normalized spacial score (nSPS) is 20.3. The van der Waals surface area contributed by atoms with Crippen LogP contribution in [-0.4, -0.2) is 17.8 Å². The Labute approximate surface area is 110 Å². The van der Waals surface area contributed by atoms with Crippen LogP contribution in [0.5, 0.6) is 0 Å². The SMILES string of the molecule is COC1(C(O)c2ccc(F)c(F)c2F)CCCCC1. The van der Waals surface area contributed by atoms with Crippen LogP contribution in [0.15, 0.2) is 12.1 Å². The van der Waals surface area contributed by atoms with E-state index in [1.54, 1.807) is 0 Å². The average molecular weight is 274 g/mol. The molecule has 106 valence electrons. The minimum Gasteiger partial charge on any atom is -0.385 e. The van der Waals surface area contributed by atoms with Gasteiger partial charge in [0.1, 0.15) is 6.10 Å². The number of halogens is 3. The molecule has 1 N–H and O–H groups in total. The summed E-state index contributed by atoms with van der Waals surface area (Å²) in [4.78, 5) is 0. The molecule has 1 aliphatic carbocycles. The first-order valence-corrected chi connectivity index (χ1v) is 6.38. The van der Waals surface area contributed by atoms with Crippen molar-refractivity contribution in [2.45, 2.75) is 43.8 Å². The van der Waals surface area contributed by atoms with Crippen molar-refractivity contribution in [1.29, 1.82) is 0 Å². The Morgan fingerprint density at radius 2 is 1.74 bits per heavy atom. The van der Waals surface area contributed by atoms with E-state index < -0.39 is 29.2 Å². The molecule has 0 heterocycles. The van der Waals surface area contributed by atoms with Gasteiger partial charge in [-0.3, -0.25) is 0 Å². The van der Waals surface area contributed by atoms with Crippen molar-refractivity contribution in [3.63, 3.8) is 0 Å². The van der Waals surface area contributed by atoms with E-state index in [2.05, 4.69) is 0 Å². The molecule has 1 aromatic rings. The summed E-state index contributed by atoms with van der Waals surface area (Å²) < 4.78 is 45.3. The second kappa shape index (κ2) is 5.51. The fraction of sp³-hybridized carbons (Fsp3) is 0.571. The summed E-state index contributed by atoms with van der Waals surface area (Å²) >= 11 is 0. The number of ether oxygens (including phenoxy) is 1. The number of aliphatic hydroxyl groups is 1. The Bertz CT molecular complexity index is 456. The molecule has 0 bridgehead atoms. The Morgan fingerprint density at radius 1 is 1.11 bits per heavy atom. The Balaban J connectivity index is 2.37. The molecule has 0 spiro atoms. The van der Waals surface area contributed by atoms with Crippen LogP contribution < -0.4 is 0 Å². The molecule has 0 aromatic heterocycles. The second-order valence-corrected chi connectivity index (χ2v) is 5.00. The standard InChI is InChI=1S/C14H17F3O2/c1-19-14(7-3-2-4-8-14)13(18)9-5-6-10(15)12(17)11(9)16/h5-6,13,18H,2-4,7-8H2,1H3. The predicted molar refractivity (Wildman–Crippen MR) is 64.1 cm³/mol. The van der Waals surface area contributed by atoms with Crippen molar-refractivity contribution in [3.05, 3.63) is 35.1 Å². The van der Waals surface area contributed by atoms with Gasteiger partial charge in [-0.05, 0) is 18.9 Å². The summed E-state index contributed by atoms with van der Waals surface area (Å²) in [5.74, 6) is -4.16. The minimum absolute atomic E-state index is 0.248. The first kappa shape index (κ1) is 14.3. The van der Waals surface area contributed by atoms with Gasteiger partial charge in [-0.25, -0.2) is 13.2 Å². The van der Waals surface area contributed by atoms with Crippen LogP contribution in [0.1, 0.15) is 43.8 Å². The average Bonchev–Trinajstić information content (AvgIpc) is 2.45. The van der Waals surface area contributed by atoms with Gasteiger partial charge in [-0.1, -0.05) is 25.3 Å². The fourth-order valence-electron chi connectivity index (χ4n) is 2.77. The number of hydrogen-bond acceptors (Lipinski definition) is 2. The predicted octanol–water partition coefficient (Wildman–Crippen LogP) is 3.49. The maximum atomic E-state index is 13.7. The summed E-state index contributed by atoms with van der Waals surface area (Å²) in [7, 11) is 1.45. The third-order valence-corrected chi connectivity index (χ3v) is 3.96. The minimum atomic E-state index is -1.56. The van der Waals surface area contributed by atoms with E-state index in [9.17, 15) is 18.3 Å². The summed E-state index contributed by atoms with van der Waals surface area (Å²) in [5, 5.41) is 10.3. The van der Waals surface area contributed by atoms with E-state index in [4.69, 9.17) is 4.74 Å². The van der Waals surface area contributed by atoms with E-state index in [-0.39, 0.29) is 5.56 Å². The third kappa shape index (κ3) is 2.49. The zero-order valence-corrected chi connectivity index (χ0v) is 10.8. The number of hydrogen-bond donors (Lipinski definition) is 1. The highest BCUT2D eigenvalue weighted by molar-refractivity contribution is 5.25. The molecular weight excluding hydrogens is 257 g/mol. The number of methoxy groups -OCH3 is 1. The summed E-state index contributed by atoms with van der Waals surface area (Å²) in [6.45, 7) is 0.